The van der Waals surface area contributed by atoms with Crippen LogP contribution in [0.1, 0.15) is 11.3 Å². The molecule has 1 heterocycles. The van der Waals surface area contributed by atoms with Crippen LogP contribution in [0.5, 0.6) is 6.01 Å². The second kappa shape index (κ2) is 5.19. The number of hydrogen-bond acceptors (Lipinski definition) is 4. The van der Waals surface area contributed by atoms with E-state index < -0.39 is 31.1 Å². The number of halogens is 6. The van der Waals surface area contributed by atoms with Crippen molar-refractivity contribution in [3.63, 3.8) is 0 Å². The summed E-state index contributed by atoms with van der Waals surface area (Å²) in [5, 5.41) is 8.77. The molecule has 0 unspecified atom stereocenters. The van der Waals surface area contributed by atoms with Crippen molar-refractivity contribution in [2.75, 3.05) is 0 Å². The molecular formula is C9H8F6N2O2. The summed E-state index contributed by atoms with van der Waals surface area (Å²) < 4.78 is 77.0. The molecule has 0 aliphatic heterocycles. The second-order valence-corrected chi connectivity index (χ2v) is 3.50. The summed E-state index contributed by atoms with van der Waals surface area (Å²) in [6, 6.07) is -1.06. The highest BCUT2D eigenvalue weighted by molar-refractivity contribution is 5.16. The number of rotatable bonds is 3. The van der Waals surface area contributed by atoms with E-state index in [0.717, 1.165) is 6.20 Å². The van der Waals surface area contributed by atoms with Crippen molar-refractivity contribution in [2.45, 2.75) is 32.0 Å². The fourth-order valence-corrected chi connectivity index (χ4v) is 1.11. The van der Waals surface area contributed by atoms with E-state index in [1.807, 2.05) is 0 Å². The van der Waals surface area contributed by atoms with E-state index in [1.165, 1.54) is 6.92 Å². The number of aliphatic hydroxyl groups is 1. The Balaban J connectivity index is 3.01. The van der Waals surface area contributed by atoms with Crippen molar-refractivity contribution >= 4 is 0 Å². The van der Waals surface area contributed by atoms with Gasteiger partial charge in [-0.25, -0.2) is 9.97 Å². The first-order valence-corrected chi connectivity index (χ1v) is 4.79. The predicted molar refractivity (Wildman–Crippen MR) is 49.2 cm³/mol. The van der Waals surface area contributed by atoms with Crippen molar-refractivity contribution in [1.82, 2.24) is 9.97 Å². The summed E-state index contributed by atoms with van der Waals surface area (Å²) in [7, 11) is 0. The van der Waals surface area contributed by atoms with Crippen molar-refractivity contribution in [3.05, 3.63) is 17.5 Å². The van der Waals surface area contributed by atoms with Crippen molar-refractivity contribution in [1.29, 1.82) is 0 Å². The molecule has 0 aromatic carbocycles. The number of hydrogen-bond donors (Lipinski definition) is 1. The topological polar surface area (TPSA) is 55.2 Å². The molecule has 0 saturated carbocycles. The number of alkyl halides is 6. The Morgan fingerprint density at radius 2 is 1.74 bits per heavy atom. The zero-order valence-corrected chi connectivity index (χ0v) is 9.38. The molecule has 0 saturated heterocycles. The highest BCUT2D eigenvalue weighted by Crippen LogP contribution is 2.35. The fraction of sp³-hybridized carbons (Fsp3) is 0.556. The molecule has 0 fully saturated rings. The van der Waals surface area contributed by atoms with Crippen LogP contribution in [0.15, 0.2) is 6.20 Å². The quantitative estimate of drug-likeness (QED) is 0.867. The molecule has 19 heavy (non-hydrogen) atoms. The van der Waals surface area contributed by atoms with E-state index in [4.69, 9.17) is 5.11 Å². The molecular weight excluding hydrogens is 282 g/mol. The fourth-order valence-electron chi connectivity index (χ4n) is 1.11. The molecule has 0 aliphatic rings. The smallest absolute Gasteiger partial charge is 0.434 e. The standard InChI is InChI=1S/C9H8F6N2O2/c1-4-5(3-18)2-16-7(17-4)19-6(8(10,11)12)9(13,14)15/h2,6,18H,3H2,1H3. The summed E-state index contributed by atoms with van der Waals surface area (Å²) in [6.07, 6.45) is -14.4. The lowest BCUT2D eigenvalue weighted by atomic mass is 10.3. The van der Waals surface area contributed by atoms with Crippen molar-refractivity contribution < 1.29 is 36.2 Å². The molecule has 1 N–H and O–H groups in total. The van der Waals surface area contributed by atoms with Gasteiger partial charge in [-0.15, -0.1) is 0 Å². The van der Waals surface area contributed by atoms with Gasteiger partial charge < -0.3 is 9.84 Å². The Labute approximate surface area is 103 Å². The number of aliphatic hydroxyl groups excluding tert-OH is 1. The minimum atomic E-state index is -5.63. The van der Waals surface area contributed by atoms with Crippen LogP contribution in [-0.2, 0) is 6.61 Å². The van der Waals surface area contributed by atoms with Gasteiger partial charge in [-0.1, -0.05) is 0 Å². The average Bonchev–Trinajstić information content (AvgIpc) is 2.23. The third kappa shape index (κ3) is 3.94. The van der Waals surface area contributed by atoms with Crippen LogP contribution in [0, 0.1) is 6.92 Å². The molecule has 1 aromatic rings. The van der Waals surface area contributed by atoms with Crippen LogP contribution in [0.25, 0.3) is 0 Å². The molecule has 0 bridgehead atoms. The molecule has 0 spiro atoms. The first-order chi connectivity index (χ1) is 8.55. The number of nitrogens with zero attached hydrogens (tertiary/aromatic N) is 2. The number of ether oxygens (including phenoxy) is 1. The highest BCUT2D eigenvalue weighted by atomic mass is 19.4. The summed E-state index contributed by atoms with van der Waals surface area (Å²) >= 11 is 0. The Morgan fingerprint density at radius 3 is 2.11 bits per heavy atom. The molecule has 10 heteroatoms. The second-order valence-electron chi connectivity index (χ2n) is 3.50. The Bertz CT molecular complexity index is 431. The van der Waals surface area contributed by atoms with Crippen molar-refractivity contribution in [3.8, 4) is 6.01 Å². The van der Waals surface area contributed by atoms with E-state index in [1.54, 1.807) is 0 Å². The lowest BCUT2D eigenvalue weighted by Crippen LogP contribution is -2.46. The maximum Gasteiger partial charge on any atom is 0.434 e. The highest BCUT2D eigenvalue weighted by Gasteiger charge is 2.59. The third-order valence-corrected chi connectivity index (χ3v) is 2.05. The normalized spacial score (nSPS) is 12.9. The van der Waals surface area contributed by atoms with Gasteiger partial charge in [0, 0.05) is 11.8 Å². The van der Waals surface area contributed by atoms with Crippen LogP contribution in [0.2, 0.25) is 0 Å². The minimum Gasteiger partial charge on any atom is -0.441 e. The Kier molecular flexibility index (Phi) is 4.23. The van der Waals surface area contributed by atoms with E-state index in [9.17, 15) is 26.3 Å². The lowest BCUT2D eigenvalue weighted by molar-refractivity contribution is -0.301. The summed E-state index contributed by atoms with van der Waals surface area (Å²) in [4.78, 5) is 6.50. The van der Waals surface area contributed by atoms with E-state index in [0.29, 0.717) is 0 Å². The SMILES string of the molecule is Cc1nc(OC(C(F)(F)F)C(F)(F)F)ncc1CO. The van der Waals surface area contributed by atoms with Crippen LogP contribution in [0.3, 0.4) is 0 Å². The summed E-state index contributed by atoms with van der Waals surface area (Å²) in [6.45, 7) is 0.796. The number of aryl methyl sites for hydroxylation is 1. The van der Waals surface area contributed by atoms with Crippen LogP contribution < -0.4 is 4.74 Å². The Hall–Kier alpha value is -1.58. The third-order valence-electron chi connectivity index (χ3n) is 2.05. The van der Waals surface area contributed by atoms with Gasteiger partial charge in [-0.05, 0) is 6.92 Å². The van der Waals surface area contributed by atoms with Gasteiger partial charge in [0.25, 0.3) is 6.10 Å². The molecule has 0 atom stereocenters. The monoisotopic (exact) mass is 290 g/mol. The maximum atomic E-state index is 12.2. The van der Waals surface area contributed by atoms with Gasteiger partial charge in [-0.3, -0.25) is 0 Å². The minimum absolute atomic E-state index is 0.0237. The van der Waals surface area contributed by atoms with Crippen LogP contribution in [0.4, 0.5) is 26.3 Å². The van der Waals surface area contributed by atoms with Gasteiger partial charge in [0.1, 0.15) is 0 Å². The number of aromatic nitrogens is 2. The van der Waals surface area contributed by atoms with Crippen molar-refractivity contribution in [2.24, 2.45) is 0 Å². The predicted octanol–water partition coefficient (Wildman–Crippen LogP) is 2.15. The molecule has 4 nitrogen and oxygen atoms in total. The molecule has 0 radical (unpaired) electrons. The van der Waals surface area contributed by atoms with Gasteiger partial charge >= 0.3 is 18.4 Å². The van der Waals surface area contributed by atoms with Gasteiger partial charge in [0.2, 0.25) is 0 Å². The van der Waals surface area contributed by atoms with E-state index >= 15 is 0 Å². The summed E-state index contributed by atoms with van der Waals surface area (Å²) in [5.41, 5.74) is 0.193. The zero-order chi connectivity index (χ0) is 14.8. The van der Waals surface area contributed by atoms with E-state index in [2.05, 4.69) is 14.7 Å². The average molecular weight is 290 g/mol. The maximum absolute atomic E-state index is 12.2. The molecule has 0 aliphatic carbocycles. The van der Waals surface area contributed by atoms with Gasteiger partial charge in [0.05, 0.1) is 12.3 Å². The molecule has 0 amide bonds. The molecule has 1 aromatic heterocycles. The molecule has 1 rings (SSSR count). The largest absolute Gasteiger partial charge is 0.441 e. The zero-order valence-electron chi connectivity index (χ0n) is 9.38. The molecule has 108 valence electrons. The van der Waals surface area contributed by atoms with Crippen LogP contribution in [-0.4, -0.2) is 33.5 Å². The van der Waals surface area contributed by atoms with Crippen LogP contribution >= 0.6 is 0 Å². The van der Waals surface area contributed by atoms with Gasteiger partial charge in [0.15, 0.2) is 0 Å². The van der Waals surface area contributed by atoms with Gasteiger partial charge in [-0.2, -0.15) is 26.3 Å². The van der Waals surface area contributed by atoms with E-state index in [-0.39, 0.29) is 11.3 Å². The first-order valence-electron chi connectivity index (χ1n) is 4.79. The lowest BCUT2D eigenvalue weighted by Gasteiger charge is -2.22. The summed E-state index contributed by atoms with van der Waals surface area (Å²) in [5.74, 6) is 0. The Morgan fingerprint density at radius 1 is 1.21 bits per heavy atom. The first kappa shape index (κ1) is 15.5.